The Kier molecular flexibility index (Phi) is 56.4. The van der Waals surface area contributed by atoms with Crippen LogP contribution in [0.2, 0.25) is 0 Å². The molecule has 442 valence electrons. The van der Waals surface area contributed by atoms with Crippen molar-refractivity contribution in [3.63, 3.8) is 0 Å². The first-order valence-corrected chi connectivity index (χ1v) is 34.5. The number of nitrogens with one attached hydrogen (secondary N) is 1. The molecule has 0 aromatic rings. The summed E-state index contributed by atoms with van der Waals surface area (Å²) < 4.78 is 23.4. The van der Waals surface area contributed by atoms with Crippen LogP contribution in [0.3, 0.4) is 0 Å². The van der Waals surface area contributed by atoms with Gasteiger partial charge in [0.15, 0.2) is 0 Å². The molecule has 74 heavy (non-hydrogen) atoms. The number of nitrogens with zero attached hydrogens (tertiary/aromatic N) is 1. The molecule has 0 aromatic carbocycles. The summed E-state index contributed by atoms with van der Waals surface area (Å²) in [6.07, 6.45) is 71.8. The highest BCUT2D eigenvalue weighted by molar-refractivity contribution is 7.45. The van der Waals surface area contributed by atoms with Crippen molar-refractivity contribution in [1.29, 1.82) is 0 Å². The fourth-order valence-corrected chi connectivity index (χ4v) is 11.1. The zero-order valence-electron chi connectivity index (χ0n) is 50.6. The van der Waals surface area contributed by atoms with E-state index in [0.717, 1.165) is 38.5 Å². The lowest BCUT2D eigenvalue weighted by molar-refractivity contribution is -0.870. The van der Waals surface area contributed by atoms with E-state index in [0.29, 0.717) is 17.4 Å². The molecule has 0 fully saturated rings. The van der Waals surface area contributed by atoms with E-state index in [9.17, 15) is 19.4 Å². The minimum atomic E-state index is -4.60. The Morgan fingerprint density at radius 2 is 0.730 bits per heavy atom. The number of hydrogen-bond acceptors (Lipinski definition) is 6. The maximum absolute atomic E-state index is 13.0. The van der Waals surface area contributed by atoms with Crippen LogP contribution in [-0.4, -0.2) is 68.5 Å². The lowest BCUT2D eigenvalue weighted by Gasteiger charge is -2.29. The van der Waals surface area contributed by atoms with Crippen LogP contribution in [0.5, 0.6) is 0 Å². The fourth-order valence-electron chi connectivity index (χ4n) is 10.3. The number of rotatable bonds is 62. The van der Waals surface area contributed by atoms with Crippen molar-refractivity contribution in [1.82, 2.24) is 5.32 Å². The molecular weight excluding hydrogens is 936 g/mol. The summed E-state index contributed by atoms with van der Waals surface area (Å²) in [5, 5.41) is 13.9. The summed E-state index contributed by atoms with van der Waals surface area (Å²) in [6.45, 7) is 4.72. The van der Waals surface area contributed by atoms with Gasteiger partial charge in [0.1, 0.15) is 13.2 Å². The number of aliphatic hydroxyl groups excluding tert-OH is 1. The third-order valence-electron chi connectivity index (χ3n) is 15.5. The Bertz CT molecular complexity index is 1210. The molecule has 9 heteroatoms. The third-order valence-corrected chi connectivity index (χ3v) is 16.5. The highest BCUT2D eigenvalue weighted by Gasteiger charge is 2.23. The number of unbranched alkanes of at least 4 members (excludes halogenated alkanes) is 49. The summed E-state index contributed by atoms with van der Waals surface area (Å²) in [5.41, 5.74) is 0. The smallest absolute Gasteiger partial charge is 0.268 e. The number of amides is 1. The number of carbonyl (C=O) groups excluding carboxylic acids is 1. The quantitative estimate of drug-likeness (QED) is 0.0272. The van der Waals surface area contributed by atoms with E-state index in [4.69, 9.17) is 9.05 Å². The highest BCUT2D eigenvalue weighted by atomic mass is 31.2. The number of phosphoric acid groups is 1. The standard InChI is InChI=1S/C65H131N2O6P/c1-6-8-10-12-14-16-18-20-22-24-26-28-29-30-31-32-33-34-35-36-37-39-41-43-45-47-49-51-53-55-57-59-65(69)66-63(62-73-74(70,71)72-61-60-67(3,4)5)64(68)58-56-54-52-50-48-46-44-42-40-38-27-25-23-21-19-17-15-13-11-9-7-2/h56,58,63-64,68H,6-55,57,59-62H2,1-5H3,(H-,66,69,70,71)/b58-56+. The van der Waals surface area contributed by atoms with Crippen LogP contribution in [0.1, 0.15) is 348 Å². The molecule has 0 heterocycles. The first kappa shape index (κ1) is 73.2. The molecule has 0 rings (SSSR count). The van der Waals surface area contributed by atoms with Gasteiger partial charge in [-0.3, -0.25) is 9.36 Å². The Hall–Kier alpha value is -0.760. The molecule has 0 aliphatic rings. The largest absolute Gasteiger partial charge is 0.756 e. The summed E-state index contributed by atoms with van der Waals surface area (Å²) in [5.74, 6) is -0.188. The van der Waals surface area contributed by atoms with Crippen molar-refractivity contribution < 1.29 is 32.9 Å². The molecule has 8 nitrogen and oxygen atoms in total. The summed E-state index contributed by atoms with van der Waals surface area (Å²) >= 11 is 0. The molecule has 3 atom stereocenters. The van der Waals surface area contributed by atoms with E-state index in [2.05, 4.69) is 19.2 Å². The topological polar surface area (TPSA) is 108 Å². The van der Waals surface area contributed by atoms with Crippen LogP contribution < -0.4 is 10.2 Å². The van der Waals surface area contributed by atoms with Gasteiger partial charge in [-0.25, -0.2) is 0 Å². The van der Waals surface area contributed by atoms with Gasteiger partial charge in [-0.15, -0.1) is 0 Å². The van der Waals surface area contributed by atoms with Crippen LogP contribution in [0.25, 0.3) is 0 Å². The van der Waals surface area contributed by atoms with Crippen LogP contribution in [-0.2, 0) is 18.4 Å². The van der Waals surface area contributed by atoms with Gasteiger partial charge in [0.2, 0.25) is 5.91 Å². The maximum Gasteiger partial charge on any atom is 0.268 e. The molecule has 2 N–H and O–H groups in total. The second kappa shape index (κ2) is 56.9. The lowest BCUT2D eigenvalue weighted by Crippen LogP contribution is -2.45. The number of carbonyl (C=O) groups is 1. The van der Waals surface area contributed by atoms with Gasteiger partial charge in [0.05, 0.1) is 39.9 Å². The lowest BCUT2D eigenvalue weighted by atomic mass is 10.0. The predicted molar refractivity (Wildman–Crippen MR) is 321 cm³/mol. The number of hydrogen-bond donors (Lipinski definition) is 2. The van der Waals surface area contributed by atoms with Crippen molar-refractivity contribution >= 4 is 13.7 Å². The maximum atomic E-state index is 13.0. The predicted octanol–water partition coefficient (Wildman–Crippen LogP) is 19.9. The number of quaternary nitrogens is 1. The van der Waals surface area contributed by atoms with Gasteiger partial charge in [0.25, 0.3) is 7.82 Å². The molecule has 0 aliphatic heterocycles. The van der Waals surface area contributed by atoms with Crippen LogP contribution in [0.15, 0.2) is 12.2 Å². The van der Waals surface area contributed by atoms with Crippen LogP contribution >= 0.6 is 7.82 Å². The second-order valence-corrected chi connectivity index (χ2v) is 25.6. The third kappa shape index (κ3) is 58.9. The second-order valence-electron chi connectivity index (χ2n) is 24.2. The van der Waals surface area contributed by atoms with E-state index >= 15 is 0 Å². The number of allylic oxidation sites excluding steroid dienone is 1. The van der Waals surface area contributed by atoms with Gasteiger partial charge < -0.3 is 28.8 Å². The molecule has 0 saturated carbocycles. The minimum Gasteiger partial charge on any atom is -0.756 e. The Balaban J connectivity index is 4.03. The molecule has 1 amide bonds. The Morgan fingerprint density at radius 3 is 1.01 bits per heavy atom. The van der Waals surface area contributed by atoms with E-state index in [-0.39, 0.29) is 19.1 Å². The fraction of sp³-hybridized carbons (Fsp3) is 0.954. The molecule has 0 spiro atoms. The monoisotopic (exact) mass is 1070 g/mol. The van der Waals surface area contributed by atoms with E-state index in [1.807, 2.05) is 27.2 Å². The highest BCUT2D eigenvalue weighted by Crippen LogP contribution is 2.38. The SMILES string of the molecule is CCCCCCCCCCCCCCCCCCCCC/C=C/C(O)C(COP(=O)([O-])OCC[N+](C)(C)C)NC(=O)CCCCCCCCCCCCCCCCCCCCCCCCCCCCCCCCC. The Labute approximate surface area is 462 Å². The average Bonchev–Trinajstić information content (AvgIpc) is 3.36. The minimum absolute atomic E-state index is 0.00288. The zero-order chi connectivity index (χ0) is 54.2. The van der Waals surface area contributed by atoms with Crippen molar-refractivity contribution in [3.8, 4) is 0 Å². The van der Waals surface area contributed by atoms with Gasteiger partial charge in [-0.2, -0.15) is 0 Å². The number of aliphatic hydroxyl groups is 1. The number of likely N-dealkylation sites (N-methyl/N-ethyl adjacent to an activating group) is 1. The molecule has 0 bridgehead atoms. The van der Waals surface area contributed by atoms with Crippen molar-refractivity contribution in [2.45, 2.75) is 360 Å². The normalized spacial score (nSPS) is 13.8. The zero-order valence-corrected chi connectivity index (χ0v) is 51.5. The van der Waals surface area contributed by atoms with Gasteiger partial charge in [0, 0.05) is 6.42 Å². The van der Waals surface area contributed by atoms with Crippen LogP contribution in [0, 0.1) is 0 Å². The summed E-state index contributed by atoms with van der Waals surface area (Å²) in [6, 6.07) is -0.883. The molecule has 0 aromatic heterocycles. The van der Waals surface area contributed by atoms with E-state index < -0.39 is 20.0 Å². The molecule has 0 saturated heterocycles. The first-order valence-electron chi connectivity index (χ1n) is 33.1. The average molecular weight is 1070 g/mol. The van der Waals surface area contributed by atoms with Gasteiger partial charge >= 0.3 is 0 Å². The van der Waals surface area contributed by atoms with Crippen molar-refractivity contribution in [3.05, 3.63) is 12.2 Å². The summed E-state index contributed by atoms with van der Waals surface area (Å²) in [4.78, 5) is 25.6. The Morgan fingerprint density at radius 1 is 0.459 bits per heavy atom. The van der Waals surface area contributed by atoms with Crippen molar-refractivity contribution in [2.75, 3.05) is 40.9 Å². The van der Waals surface area contributed by atoms with E-state index in [1.165, 1.54) is 289 Å². The summed E-state index contributed by atoms with van der Waals surface area (Å²) in [7, 11) is 1.28. The molecule has 0 aliphatic carbocycles. The van der Waals surface area contributed by atoms with Gasteiger partial charge in [-0.1, -0.05) is 334 Å². The molecule has 0 radical (unpaired) electrons. The van der Waals surface area contributed by atoms with Crippen molar-refractivity contribution in [2.24, 2.45) is 0 Å². The van der Waals surface area contributed by atoms with Gasteiger partial charge in [-0.05, 0) is 19.3 Å². The first-order chi connectivity index (χ1) is 36.0. The van der Waals surface area contributed by atoms with Crippen LogP contribution in [0.4, 0.5) is 0 Å². The number of phosphoric ester groups is 1. The van der Waals surface area contributed by atoms with E-state index in [1.54, 1.807) is 6.08 Å². The molecule has 3 unspecified atom stereocenters. The molecular formula is C65H131N2O6P.